The molecule has 0 saturated heterocycles. The molecule has 0 N–H and O–H groups in total. The van der Waals surface area contributed by atoms with Crippen LogP contribution in [0, 0.1) is 0 Å². The lowest BCUT2D eigenvalue weighted by atomic mass is 10.1. The molecule has 0 aliphatic carbocycles. The van der Waals surface area contributed by atoms with Crippen LogP contribution in [0.3, 0.4) is 0 Å². The van der Waals surface area contributed by atoms with Crippen molar-refractivity contribution in [3.05, 3.63) is 116 Å². The van der Waals surface area contributed by atoms with Crippen molar-refractivity contribution in [3.8, 4) is 0 Å². The lowest BCUT2D eigenvalue weighted by Gasteiger charge is -2.25. The molecule has 44 heavy (non-hydrogen) atoms. The van der Waals surface area contributed by atoms with Crippen LogP contribution in [0.15, 0.2) is 99.2 Å². The Balaban J connectivity index is 1.99. The van der Waals surface area contributed by atoms with E-state index in [2.05, 4.69) is 67.6 Å². The summed E-state index contributed by atoms with van der Waals surface area (Å²) >= 11 is 0. The Labute approximate surface area is 266 Å². The van der Waals surface area contributed by atoms with Gasteiger partial charge in [-0.3, -0.25) is 4.57 Å². The molecule has 0 amide bonds. The van der Waals surface area contributed by atoms with E-state index in [1.807, 2.05) is 38.1 Å². The number of hydrogen-bond acceptors (Lipinski definition) is 6. The second-order valence-corrected chi connectivity index (χ2v) is 12.3. The van der Waals surface area contributed by atoms with Crippen molar-refractivity contribution in [2.45, 2.75) is 57.9 Å². The van der Waals surface area contributed by atoms with Gasteiger partial charge in [-0.15, -0.1) is 26.3 Å². The maximum atomic E-state index is 12.8. The Hall–Kier alpha value is -2.99. The van der Waals surface area contributed by atoms with Gasteiger partial charge in [0.25, 0.3) is 0 Å². The zero-order chi connectivity index (χ0) is 32.0. The van der Waals surface area contributed by atoms with E-state index >= 15 is 0 Å². The quantitative estimate of drug-likeness (QED) is 0.0476. The fourth-order valence-electron chi connectivity index (χ4n) is 4.55. The lowest BCUT2D eigenvalue weighted by Crippen LogP contribution is -2.26. The molecule has 0 heterocycles. The van der Waals surface area contributed by atoms with E-state index in [-0.39, 0.29) is 18.4 Å². The van der Waals surface area contributed by atoms with Crippen molar-refractivity contribution < 1.29 is 23.1 Å². The van der Waals surface area contributed by atoms with Crippen LogP contribution in [0.2, 0.25) is 0 Å². The molecule has 0 unspecified atom stereocenters. The molecule has 240 valence electrons. The molecule has 0 atom stereocenters. The summed E-state index contributed by atoms with van der Waals surface area (Å²) in [6.07, 6.45) is 15.3. The zero-order valence-electron chi connectivity index (χ0n) is 26.8. The summed E-state index contributed by atoms with van der Waals surface area (Å²) in [7, 11) is -3.12. The summed E-state index contributed by atoms with van der Waals surface area (Å²) in [5, 5.41) is 0. The van der Waals surface area contributed by atoms with Gasteiger partial charge in [0.05, 0.1) is 31.6 Å². The second kappa shape index (κ2) is 21.7. The number of anilines is 1. The molecule has 0 saturated carbocycles. The van der Waals surface area contributed by atoms with Crippen molar-refractivity contribution in [1.82, 2.24) is 0 Å². The van der Waals surface area contributed by atoms with E-state index in [4.69, 9.17) is 18.5 Å². The van der Waals surface area contributed by atoms with E-state index in [9.17, 15) is 4.57 Å². The smallest absolute Gasteiger partial charge is 0.335 e. The fraction of sp³-hybridized carbons (Fsp3) is 0.405. The first kappa shape index (κ1) is 37.2. The summed E-state index contributed by atoms with van der Waals surface area (Å²) in [5.74, 6) is 0. The van der Waals surface area contributed by atoms with Gasteiger partial charge >= 0.3 is 7.60 Å². The monoisotopic (exact) mass is 621 g/mol. The van der Waals surface area contributed by atoms with E-state index in [0.29, 0.717) is 26.4 Å². The van der Waals surface area contributed by atoms with Crippen molar-refractivity contribution >= 4 is 25.4 Å². The predicted molar refractivity (Wildman–Crippen MR) is 187 cm³/mol. The third-order valence-electron chi connectivity index (χ3n) is 6.93. The molecule has 7 heteroatoms. The van der Waals surface area contributed by atoms with Gasteiger partial charge in [-0.2, -0.15) is 0 Å². The highest BCUT2D eigenvalue weighted by atomic mass is 31.2. The Morgan fingerprint density at radius 2 is 1.11 bits per heavy atom. The van der Waals surface area contributed by atoms with E-state index < -0.39 is 7.60 Å². The number of hydrogen-bond donors (Lipinski definition) is 0. The third kappa shape index (κ3) is 14.2. The van der Waals surface area contributed by atoms with Crippen LogP contribution >= 0.6 is 7.60 Å². The Morgan fingerprint density at radius 1 is 0.682 bits per heavy atom. The number of unbranched alkanes of at least 4 members (excludes halogenated alkanes) is 2. The summed E-state index contributed by atoms with van der Waals surface area (Å²) < 4.78 is 35.3. The summed E-state index contributed by atoms with van der Waals surface area (Å²) in [5.41, 5.74) is 4.32. The van der Waals surface area contributed by atoms with Crippen molar-refractivity contribution in [1.29, 1.82) is 0 Å². The highest BCUT2D eigenvalue weighted by molar-refractivity contribution is 7.53. The van der Waals surface area contributed by atoms with Crippen molar-refractivity contribution in [2.24, 2.45) is 0 Å². The first-order valence-electron chi connectivity index (χ1n) is 15.6. The molecule has 2 rings (SSSR count). The van der Waals surface area contributed by atoms with Crippen LogP contribution in [0.1, 0.15) is 56.2 Å². The Morgan fingerprint density at radius 3 is 1.52 bits per heavy atom. The fourth-order valence-corrected chi connectivity index (χ4v) is 6.25. The van der Waals surface area contributed by atoms with Gasteiger partial charge in [-0.1, -0.05) is 72.9 Å². The molecule has 2 aromatic carbocycles. The van der Waals surface area contributed by atoms with Crippen LogP contribution in [-0.2, 0) is 29.2 Å². The zero-order valence-corrected chi connectivity index (χ0v) is 27.7. The molecule has 0 bridgehead atoms. The van der Waals surface area contributed by atoms with Crippen molar-refractivity contribution in [3.63, 3.8) is 0 Å². The van der Waals surface area contributed by atoms with Gasteiger partial charge in [-0.05, 0) is 68.4 Å². The molecule has 0 aliphatic rings. The third-order valence-corrected chi connectivity index (χ3v) is 8.98. The minimum Gasteiger partial charge on any atom is -0.372 e. The van der Waals surface area contributed by atoms with Crippen LogP contribution in [0.25, 0.3) is 12.2 Å². The molecule has 0 aliphatic heterocycles. The Bertz CT molecular complexity index is 1140. The van der Waals surface area contributed by atoms with Gasteiger partial charge in [-0.25, -0.2) is 0 Å². The average molecular weight is 622 g/mol. The van der Waals surface area contributed by atoms with Gasteiger partial charge in [0, 0.05) is 32.0 Å². The molecule has 6 nitrogen and oxygen atoms in total. The van der Waals surface area contributed by atoms with Gasteiger partial charge in [0.1, 0.15) is 0 Å². The SMILES string of the molecule is C=CC(C=C)OCCCCN(CCCCOC(C=C)C=C)c1ccc(/C=C/c2ccc(CP(=O)(OCC)OCC)cc2)cc1. The molecule has 0 aromatic heterocycles. The largest absolute Gasteiger partial charge is 0.372 e. The summed E-state index contributed by atoms with van der Waals surface area (Å²) in [6.45, 7) is 22.8. The number of benzene rings is 2. The number of nitrogens with zero attached hydrogens (tertiary/aromatic N) is 1. The van der Waals surface area contributed by atoms with E-state index in [0.717, 1.165) is 55.5 Å². The average Bonchev–Trinajstić information content (AvgIpc) is 3.03. The van der Waals surface area contributed by atoms with E-state index in [1.54, 1.807) is 24.3 Å². The predicted octanol–water partition coefficient (Wildman–Crippen LogP) is 9.50. The highest BCUT2D eigenvalue weighted by Crippen LogP contribution is 2.51. The first-order chi connectivity index (χ1) is 21.4. The van der Waals surface area contributed by atoms with Crippen LogP contribution in [-0.4, -0.2) is 51.7 Å². The minimum atomic E-state index is -3.12. The minimum absolute atomic E-state index is 0.0981. The molecule has 0 fully saturated rings. The molecular formula is C37H52NO5P. The molecule has 0 radical (unpaired) electrons. The van der Waals surface area contributed by atoms with Crippen LogP contribution < -0.4 is 4.90 Å². The maximum absolute atomic E-state index is 12.8. The molecular weight excluding hydrogens is 569 g/mol. The molecule has 0 spiro atoms. The van der Waals surface area contributed by atoms with Gasteiger partial charge in [0.15, 0.2) is 0 Å². The summed E-state index contributed by atoms with van der Waals surface area (Å²) in [6, 6.07) is 16.7. The number of rotatable bonds is 25. The standard InChI is InChI=1S/C37H52NO5P/c1-7-36(8-2)40-29-15-13-27-38(28-14-16-30-41-37(9-3)10-4)35-25-23-33(24-26-35)18-17-32-19-21-34(22-20-32)31-44(39,42-11-5)43-12-6/h7-10,17-26,36-37H,1-4,11-16,27-31H2,5-6H3/b18-17+. The Kier molecular flexibility index (Phi) is 18.3. The molecule has 2 aromatic rings. The van der Waals surface area contributed by atoms with Crippen LogP contribution in [0.5, 0.6) is 0 Å². The first-order valence-corrected chi connectivity index (χ1v) is 17.4. The highest BCUT2D eigenvalue weighted by Gasteiger charge is 2.23. The van der Waals surface area contributed by atoms with Crippen LogP contribution in [0.4, 0.5) is 5.69 Å². The topological polar surface area (TPSA) is 57.2 Å². The summed E-state index contributed by atoms with van der Waals surface area (Å²) in [4.78, 5) is 2.44. The van der Waals surface area contributed by atoms with E-state index in [1.165, 1.54) is 5.69 Å². The normalized spacial score (nSPS) is 11.7. The van der Waals surface area contributed by atoms with Gasteiger partial charge in [0.2, 0.25) is 0 Å². The number of ether oxygens (including phenoxy) is 2. The van der Waals surface area contributed by atoms with Crippen molar-refractivity contribution in [2.75, 3.05) is 44.4 Å². The van der Waals surface area contributed by atoms with Gasteiger partial charge < -0.3 is 23.4 Å². The second-order valence-electron chi connectivity index (χ2n) is 10.3. The lowest BCUT2D eigenvalue weighted by molar-refractivity contribution is 0.112. The maximum Gasteiger partial charge on any atom is 0.335 e.